The number of aromatic nitrogens is 4. The summed E-state index contributed by atoms with van der Waals surface area (Å²) in [5.74, 6) is 0.990. The second kappa shape index (κ2) is 13.7. The van der Waals surface area contributed by atoms with E-state index >= 15 is 0 Å². The highest BCUT2D eigenvalue weighted by Gasteiger charge is 2.30. The van der Waals surface area contributed by atoms with Gasteiger partial charge < -0.3 is 10.6 Å². The highest BCUT2D eigenvalue weighted by molar-refractivity contribution is 7.98. The van der Waals surface area contributed by atoms with Gasteiger partial charge in [0, 0.05) is 29.5 Å². The predicted molar refractivity (Wildman–Crippen MR) is 170 cm³/mol. The molecule has 3 aromatic carbocycles. The Kier molecular flexibility index (Phi) is 9.58. The minimum Gasteiger partial charge on any atom is -0.330 e. The van der Waals surface area contributed by atoms with Crippen LogP contribution in [0.3, 0.4) is 0 Å². The van der Waals surface area contributed by atoms with E-state index in [4.69, 9.17) is 22.3 Å². The van der Waals surface area contributed by atoms with Gasteiger partial charge in [0.2, 0.25) is 0 Å². The van der Waals surface area contributed by atoms with Crippen LogP contribution < -0.4 is 16.7 Å². The molecular weight excluding hydrogens is 570 g/mol. The summed E-state index contributed by atoms with van der Waals surface area (Å²) in [7, 11) is 0. The number of anilines is 1. The average Bonchev–Trinajstić information content (AvgIpc) is 3.56. The maximum Gasteiger partial charge on any atom is 0.280 e. The number of thioether (sulfide) groups is 1. The number of carbonyl (C=O) groups excluding carboxylic acids is 1. The van der Waals surface area contributed by atoms with E-state index in [1.165, 1.54) is 4.68 Å². The zero-order chi connectivity index (χ0) is 29.5. The van der Waals surface area contributed by atoms with Crippen molar-refractivity contribution in [3.05, 3.63) is 118 Å². The van der Waals surface area contributed by atoms with Crippen molar-refractivity contribution in [2.45, 2.75) is 18.9 Å². The van der Waals surface area contributed by atoms with E-state index in [0.717, 1.165) is 11.4 Å². The maximum absolute atomic E-state index is 14.2. The Morgan fingerprint density at radius 2 is 1.88 bits per heavy atom. The number of fused-ring (bicyclic) bond motifs is 1. The molecule has 0 bridgehead atoms. The predicted octanol–water partition coefficient (Wildman–Crippen LogP) is 5.40. The van der Waals surface area contributed by atoms with Crippen LogP contribution in [0, 0.1) is 0 Å². The maximum atomic E-state index is 14.2. The van der Waals surface area contributed by atoms with Gasteiger partial charge in [0.25, 0.3) is 11.5 Å². The lowest BCUT2D eigenvalue weighted by Gasteiger charge is -2.33. The zero-order valence-electron chi connectivity index (χ0n) is 23.2. The lowest BCUT2D eigenvalue weighted by atomic mass is 10.1. The molecule has 0 spiro atoms. The summed E-state index contributed by atoms with van der Waals surface area (Å²) in [4.78, 5) is 34.9. The van der Waals surface area contributed by atoms with Crippen LogP contribution in [0.4, 0.5) is 5.69 Å². The first-order valence-corrected chi connectivity index (χ1v) is 15.4. The summed E-state index contributed by atoms with van der Waals surface area (Å²) in [6, 6.07) is 23.1. The van der Waals surface area contributed by atoms with Gasteiger partial charge >= 0.3 is 0 Å². The number of benzene rings is 3. The quantitative estimate of drug-likeness (QED) is 0.197. The van der Waals surface area contributed by atoms with E-state index in [2.05, 4.69) is 10.5 Å². The van der Waals surface area contributed by atoms with Crippen LogP contribution in [0.1, 0.15) is 35.1 Å². The molecule has 0 fully saturated rings. The van der Waals surface area contributed by atoms with Crippen LogP contribution in [-0.4, -0.2) is 55.3 Å². The van der Waals surface area contributed by atoms with E-state index in [1.807, 2.05) is 61.0 Å². The number of hydrogen-bond donors (Lipinski definition) is 2. The number of halogens is 1. The summed E-state index contributed by atoms with van der Waals surface area (Å²) in [5, 5.41) is 5.17. The highest BCUT2D eigenvalue weighted by Crippen LogP contribution is 2.28. The van der Waals surface area contributed by atoms with E-state index in [9.17, 15) is 9.59 Å². The molecule has 42 heavy (non-hydrogen) atoms. The molecule has 0 aliphatic carbocycles. The summed E-state index contributed by atoms with van der Waals surface area (Å²) in [6.45, 7) is 0.803. The van der Waals surface area contributed by atoms with E-state index in [1.54, 1.807) is 57.9 Å². The largest absolute Gasteiger partial charge is 0.330 e. The van der Waals surface area contributed by atoms with Crippen molar-refractivity contribution in [3.8, 4) is 5.69 Å². The molecule has 3 N–H and O–H groups in total. The Hall–Kier alpha value is -4.12. The molecule has 1 unspecified atom stereocenters. The summed E-state index contributed by atoms with van der Waals surface area (Å²) >= 11 is 7.98. The molecule has 0 aliphatic heterocycles. The molecule has 1 atom stereocenters. The van der Waals surface area contributed by atoms with Crippen molar-refractivity contribution in [3.63, 3.8) is 0 Å². The van der Waals surface area contributed by atoms with E-state index in [-0.39, 0.29) is 11.5 Å². The van der Waals surface area contributed by atoms with Crippen LogP contribution in [0.5, 0.6) is 0 Å². The second-order valence-electron chi connectivity index (χ2n) is 9.69. The minimum atomic E-state index is -0.533. The van der Waals surface area contributed by atoms with Gasteiger partial charge in [0.1, 0.15) is 0 Å². The molecule has 5 aromatic rings. The Labute approximate surface area is 253 Å². The number of para-hydroxylation sites is 1. The molecule has 1 amide bonds. The Balaban J connectivity index is 1.63. The normalized spacial score (nSPS) is 11.9. The van der Waals surface area contributed by atoms with Gasteiger partial charge in [-0.2, -0.15) is 16.9 Å². The van der Waals surface area contributed by atoms with Crippen LogP contribution in [0.2, 0.25) is 5.02 Å². The van der Waals surface area contributed by atoms with Crippen molar-refractivity contribution >= 4 is 45.9 Å². The van der Waals surface area contributed by atoms with Crippen LogP contribution in [0.25, 0.3) is 16.6 Å². The molecule has 2 aromatic heterocycles. The number of carbonyl (C=O) groups is 1. The smallest absolute Gasteiger partial charge is 0.280 e. The van der Waals surface area contributed by atoms with Crippen LogP contribution in [-0.2, 0) is 0 Å². The number of nitrogens with two attached hydrogens (primary N) is 1. The number of hydrogen-bond acceptors (Lipinski definition) is 7. The summed E-state index contributed by atoms with van der Waals surface area (Å²) in [5.41, 5.74) is 11.4. The number of amides is 1. The average molecular weight is 602 g/mol. The van der Waals surface area contributed by atoms with Gasteiger partial charge in [-0.25, -0.2) is 14.3 Å². The van der Waals surface area contributed by atoms with Crippen molar-refractivity contribution in [1.82, 2.24) is 24.3 Å². The fourth-order valence-corrected chi connectivity index (χ4v) is 5.43. The van der Waals surface area contributed by atoms with Crippen molar-refractivity contribution in [2.75, 3.05) is 30.5 Å². The lowest BCUT2D eigenvalue weighted by molar-refractivity contribution is 0.0658. The fourth-order valence-electron chi connectivity index (χ4n) is 4.81. The molecule has 216 valence electrons. The number of rotatable bonds is 12. The van der Waals surface area contributed by atoms with E-state index in [0.29, 0.717) is 58.9 Å². The van der Waals surface area contributed by atoms with Gasteiger partial charge in [-0.3, -0.25) is 15.0 Å². The Bertz CT molecular complexity index is 1690. The van der Waals surface area contributed by atoms with E-state index < -0.39 is 6.04 Å². The molecule has 9 nitrogen and oxygen atoms in total. The van der Waals surface area contributed by atoms with Gasteiger partial charge in [-0.05, 0) is 92.1 Å². The van der Waals surface area contributed by atoms with Crippen molar-refractivity contribution < 1.29 is 4.79 Å². The number of nitrogens with zero attached hydrogens (tertiary/aromatic N) is 5. The van der Waals surface area contributed by atoms with Gasteiger partial charge in [0.05, 0.1) is 28.3 Å². The van der Waals surface area contributed by atoms with Gasteiger partial charge in [0.15, 0.2) is 5.82 Å². The molecule has 0 saturated heterocycles. The summed E-state index contributed by atoms with van der Waals surface area (Å²) in [6.07, 6.45) is 6.72. The third-order valence-electron chi connectivity index (χ3n) is 6.89. The SMILES string of the molecule is CSCCC(c1nc2cc(Cl)ccc2c(=O)n1Nc1ccccc1)N(CCCN)C(=O)c1ccc(-n2cccn2)cc1. The van der Waals surface area contributed by atoms with Crippen molar-refractivity contribution in [2.24, 2.45) is 5.73 Å². The summed E-state index contributed by atoms with van der Waals surface area (Å²) < 4.78 is 3.19. The lowest BCUT2D eigenvalue weighted by Crippen LogP contribution is -2.41. The molecule has 0 aliphatic rings. The monoisotopic (exact) mass is 601 g/mol. The highest BCUT2D eigenvalue weighted by atomic mass is 35.5. The van der Waals surface area contributed by atoms with Crippen molar-refractivity contribution in [1.29, 1.82) is 0 Å². The third-order valence-corrected chi connectivity index (χ3v) is 7.77. The topological polar surface area (TPSA) is 111 Å². The van der Waals surface area contributed by atoms with Crippen LogP contribution in [0.15, 0.2) is 96.1 Å². The third kappa shape index (κ3) is 6.51. The second-order valence-corrected chi connectivity index (χ2v) is 11.1. The first-order valence-electron chi connectivity index (χ1n) is 13.6. The molecule has 5 rings (SSSR count). The van der Waals surface area contributed by atoms with Gasteiger partial charge in [-0.15, -0.1) is 0 Å². The molecule has 0 saturated carbocycles. The standard InChI is InChI=1S/C31H32ClN7O2S/c1-42-20-15-28(37(18-5-16-33)30(40)22-9-12-25(13-10-22)38-19-6-17-34-38)29-35-27-21-23(32)11-14-26(27)31(41)39(29)36-24-7-3-2-4-8-24/h2-4,6-14,17,19,21,28,36H,5,15-16,18,20,33H2,1H3. The first kappa shape index (κ1) is 29.4. The molecule has 0 radical (unpaired) electrons. The zero-order valence-corrected chi connectivity index (χ0v) is 24.8. The van der Waals surface area contributed by atoms with Crippen LogP contribution >= 0.6 is 23.4 Å². The molecule has 2 heterocycles. The molecule has 11 heteroatoms. The fraction of sp³-hybridized carbons (Fsp3) is 0.226. The van der Waals surface area contributed by atoms with Gasteiger partial charge in [-0.1, -0.05) is 29.8 Å². The Morgan fingerprint density at radius 1 is 1.10 bits per heavy atom. The number of nitrogens with one attached hydrogen (secondary N) is 1. The molecular formula is C31H32ClN7O2S. The Morgan fingerprint density at radius 3 is 2.57 bits per heavy atom. The minimum absolute atomic E-state index is 0.173. The first-order chi connectivity index (χ1) is 20.5.